The number of rotatable bonds is 44. The van der Waals surface area contributed by atoms with Crippen molar-refractivity contribution in [3.63, 3.8) is 0 Å². The maximum absolute atomic E-state index is 13.9. The normalized spacial score (nSPS) is 27.6. The third-order valence-electron chi connectivity index (χ3n) is 20.9. The average molecular weight is 1280 g/mol. The smallest absolute Gasteiger partial charge is 0.317 e. The highest BCUT2D eigenvalue weighted by Gasteiger charge is 2.66. The van der Waals surface area contributed by atoms with Crippen LogP contribution in [0.1, 0.15) is 143 Å². The topological polar surface area (TPSA) is 320 Å². The number of fused-ring (bicyclic) bond motifs is 5. The molecule has 3 amide bonds. The Hall–Kier alpha value is -3.37. The Kier molecular flexibility index (Phi) is 36.8. The van der Waals surface area contributed by atoms with Gasteiger partial charge in [0.25, 0.3) is 0 Å². The highest BCUT2D eigenvalue weighted by atomic mass is 16.5. The van der Waals surface area contributed by atoms with Crippen LogP contribution in [0.4, 0.5) is 4.79 Å². The number of carboxylic acid groups (broad SMARTS) is 3. The molecule has 5 rings (SSSR count). The van der Waals surface area contributed by atoms with Gasteiger partial charge in [0.15, 0.2) is 0 Å². The lowest BCUT2D eigenvalue weighted by atomic mass is 9.43. The van der Waals surface area contributed by atoms with Crippen LogP contribution in [0.25, 0.3) is 0 Å². The maximum Gasteiger partial charge on any atom is 0.317 e. The van der Waals surface area contributed by atoms with Crippen molar-refractivity contribution in [2.75, 3.05) is 184 Å². The zero-order valence-corrected chi connectivity index (χ0v) is 56.0. The number of hydrogen-bond acceptors (Lipinski definition) is 18. The molecule has 5 fully saturated rings. The van der Waals surface area contributed by atoms with Gasteiger partial charge in [0.05, 0.1) is 84.1 Å². The number of carbonyl (C=O) groups is 5. The zero-order valence-electron chi connectivity index (χ0n) is 56.0. The zero-order chi connectivity index (χ0) is 65.2. The Balaban J connectivity index is 1.04. The molecule has 11 N–H and O–H groups in total. The monoisotopic (exact) mass is 1280 g/mol. The molecule has 0 radical (unpaired) electrons. The molecule has 4 saturated carbocycles. The lowest BCUT2D eigenvalue weighted by molar-refractivity contribution is -0.227. The van der Waals surface area contributed by atoms with E-state index in [0.29, 0.717) is 167 Å². The summed E-state index contributed by atoms with van der Waals surface area (Å²) in [5, 5.41) is 34.5. The molecule has 11 atom stereocenters. The van der Waals surface area contributed by atoms with E-state index < -0.39 is 17.9 Å². The summed E-state index contributed by atoms with van der Waals surface area (Å²) in [6, 6.07) is -0.0405. The number of ether oxygens (including phenoxy) is 6. The molecule has 90 heavy (non-hydrogen) atoms. The van der Waals surface area contributed by atoms with E-state index in [1.54, 1.807) is 14.7 Å². The van der Waals surface area contributed by atoms with Gasteiger partial charge in [0, 0.05) is 104 Å². The second kappa shape index (κ2) is 42.9. The molecular weight excluding hydrogens is 1160 g/mol. The lowest BCUT2D eigenvalue weighted by Gasteiger charge is -2.65. The number of nitrogens with two attached hydrogens (primary N) is 3. The van der Waals surface area contributed by atoms with Crippen LogP contribution in [0.3, 0.4) is 0 Å². The van der Waals surface area contributed by atoms with E-state index in [0.717, 1.165) is 83.8 Å². The van der Waals surface area contributed by atoms with Gasteiger partial charge >= 0.3 is 23.9 Å². The Bertz CT molecular complexity index is 2010. The van der Waals surface area contributed by atoms with Gasteiger partial charge in [-0.25, -0.2) is 4.79 Å². The molecule has 24 nitrogen and oxygen atoms in total. The van der Waals surface area contributed by atoms with Crippen molar-refractivity contribution in [2.24, 2.45) is 63.5 Å². The van der Waals surface area contributed by atoms with Crippen LogP contribution >= 0.6 is 0 Å². The van der Waals surface area contributed by atoms with E-state index in [-0.39, 0.29) is 80.4 Å². The predicted molar refractivity (Wildman–Crippen MR) is 347 cm³/mol. The Morgan fingerprint density at radius 1 is 0.556 bits per heavy atom. The van der Waals surface area contributed by atoms with Gasteiger partial charge in [0.2, 0.25) is 5.91 Å². The number of urea groups is 1. The molecule has 1 heterocycles. The van der Waals surface area contributed by atoms with Crippen molar-refractivity contribution in [1.82, 2.24) is 35.1 Å². The Morgan fingerprint density at radius 2 is 1.06 bits per heavy atom. The van der Waals surface area contributed by atoms with Crippen molar-refractivity contribution in [3.05, 3.63) is 0 Å². The molecule has 5 unspecified atom stereocenters. The summed E-state index contributed by atoms with van der Waals surface area (Å²) in [5.74, 6) is -0.299. The second-order valence-electron chi connectivity index (χ2n) is 27.1. The second-order valence-corrected chi connectivity index (χ2v) is 27.1. The Labute approximate surface area is 539 Å². The van der Waals surface area contributed by atoms with Gasteiger partial charge in [-0.3, -0.25) is 38.8 Å². The van der Waals surface area contributed by atoms with E-state index in [4.69, 9.17) is 45.6 Å². The molecule has 5 aliphatic rings. The number of nitrogens with zero attached hydrogens (tertiary/aromatic N) is 5. The third-order valence-corrected chi connectivity index (χ3v) is 20.9. The van der Waals surface area contributed by atoms with Gasteiger partial charge in [0.1, 0.15) is 0 Å². The van der Waals surface area contributed by atoms with Crippen molar-refractivity contribution >= 4 is 29.8 Å². The fourth-order valence-electron chi connectivity index (χ4n) is 16.0. The first-order valence-electron chi connectivity index (χ1n) is 35.0. The van der Waals surface area contributed by atoms with Crippen molar-refractivity contribution < 1.29 is 67.7 Å². The molecule has 0 aromatic carbocycles. The van der Waals surface area contributed by atoms with Crippen molar-refractivity contribution in [2.45, 2.75) is 162 Å². The van der Waals surface area contributed by atoms with E-state index >= 15 is 0 Å². The maximum atomic E-state index is 13.9. The minimum Gasteiger partial charge on any atom is -0.480 e. The summed E-state index contributed by atoms with van der Waals surface area (Å²) in [5.41, 5.74) is 18.2. The van der Waals surface area contributed by atoms with Crippen LogP contribution in [0.2, 0.25) is 0 Å². The average Bonchev–Trinajstić information content (AvgIpc) is 1.31. The van der Waals surface area contributed by atoms with Gasteiger partial charge in [-0.05, 0) is 144 Å². The number of carboxylic acids is 3. The Morgan fingerprint density at radius 3 is 1.61 bits per heavy atom. The number of hydrogen-bond donors (Lipinski definition) is 8. The van der Waals surface area contributed by atoms with E-state index in [1.165, 1.54) is 44.9 Å². The molecular formula is C66H124N10O14. The summed E-state index contributed by atoms with van der Waals surface area (Å²) in [6.07, 6.45) is 20.1. The first kappa shape index (κ1) is 77.3. The summed E-state index contributed by atoms with van der Waals surface area (Å²) in [6.45, 7) is 19.9. The lowest BCUT2D eigenvalue weighted by Crippen LogP contribution is -2.63. The molecule has 0 bridgehead atoms. The molecule has 4 aliphatic carbocycles. The first-order chi connectivity index (χ1) is 43.5. The van der Waals surface area contributed by atoms with E-state index in [1.807, 2.05) is 9.80 Å². The number of nitrogens with one attached hydrogen (secondary N) is 2. The van der Waals surface area contributed by atoms with Gasteiger partial charge in [-0.1, -0.05) is 59.8 Å². The molecule has 1 aliphatic heterocycles. The van der Waals surface area contributed by atoms with Gasteiger partial charge < -0.3 is 76.5 Å². The fourth-order valence-corrected chi connectivity index (χ4v) is 16.0. The highest BCUT2D eigenvalue weighted by molar-refractivity contribution is 5.78. The highest BCUT2D eigenvalue weighted by Crippen LogP contribution is 2.69. The standard InChI is InChI=1S/C66H124N10O14/c1-5-6-7-8-9-10-25-76(26-11-15-51(2)54-16-17-55-63-56(46-58(66(54,55)4)90-37-14-22-69)65(3)19-18-53(88-35-12-20-67)44-52(65)45-57(63)89-36-13-21-68)64(84)71-24-39-86-41-43-87-42-40-85-38-23-70-59(77)47-72-27-29-73(48-60(78)79)31-33-75(50-62(82)83)34-32-74(30-28-72)49-61(80)81/h51-58,63H,5-50,67-69H2,1-4H3,(H,70,77)(H,71,84)(H,78,79)(H,80,81)(H,82,83)/t51?,52?,53?,54?,55-,56-,57+,58-,63?,65-,66+/m0/s1. The minimum atomic E-state index is -1.02. The number of aliphatic carboxylic acids is 3. The van der Waals surface area contributed by atoms with Crippen molar-refractivity contribution in [3.8, 4) is 0 Å². The molecule has 24 heteroatoms. The number of carbonyl (C=O) groups excluding carboxylic acids is 2. The molecule has 1 saturated heterocycles. The van der Waals surface area contributed by atoms with Gasteiger partial charge in [-0.15, -0.1) is 0 Å². The first-order valence-corrected chi connectivity index (χ1v) is 35.0. The molecule has 522 valence electrons. The summed E-state index contributed by atoms with van der Waals surface area (Å²) in [4.78, 5) is 70.7. The SMILES string of the molecule is CCCCCCCCN(CCCC(C)C1CC[C@H]2C3[C@H](OCCCN)CC4CC(OCCCN)CC[C@]4(C)[C@H]3C[C@H](OCCCN)[C@]12C)C(=O)NCCOCCOCCOCCNC(=O)CN1CCN(CC(=O)O)CCN(CC(=O)O)CCN(CC(=O)O)CC1. The van der Waals surface area contributed by atoms with Crippen LogP contribution in [0.5, 0.6) is 0 Å². The van der Waals surface area contributed by atoms with Crippen LogP contribution in [0.15, 0.2) is 0 Å². The predicted octanol–water partition coefficient (Wildman–Crippen LogP) is 4.50. The quantitative estimate of drug-likeness (QED) is 0.0390. The number of amides is 3. The van der Waals surface area contributed by atoms with E-state index in [9.17, 15) is 39.3 Å². The van der Waals surface area contributed by atoms with Crippen LogP contribution in [0, 0.1) is 46.3 Å². The summed E-state index contributed by atoms with van der Waals surface area (Å²) < 4.78 is 37.8. The van der Waals surface area contributed by atoms with E-state index in [2.05, 4.69) is 38.3 Å². The molecule has 0 aromatic heterocycles. The summed E-state index contributed by atoms with van der Waals surface area (Å²) >= 11 is 0. The van der Waals surface area contributed by atoms with Crippen molar-refractivity contribution in [1.29, 1.82) is 0 Å². The summed E-state index contributed by atoms with van der Waals surface area (Å²) in [7, 11) is 0. The molecule has 0 spiro atoms. The minimum absolute atomic E-state index is 0.000201. The third kappa shape index (κ3) is 26.1. The van der Waals surface area contributed by atoms with Crippen LogP contribution in [-0.2, 0) is 47.6 Å². The fraction of sp³-hybridized carbons (Fsp3) is 0.924. The van der Waals surface area contributed by atoms with Crippen LogP contribution in [-0.4, -0.2) is 272 Å². The number of unbranched alkanes of at least 4 members (excludes halogenated alkanes) is 5. The van der Waals surface area contributed by atoms with Gasteiger partial charge in [-0.2, -0.15) is 0 Å². The largest absolute Gasteiger partial charge is 0.480 e. The molecule has 0 aromatic rings. The van der Waals surface area contributed by atoms with Crippen LogP contribution < -0.4 is 27.8 Å².